The fourth-order valence-corrected chi connectivity index (χ4v) is 5.27. The van der Waals surface area contributed by atoms with Crippen molar-refractivity contribution >= 4 is 17.7 Å². The van der Waals surface area contributed by atoms with Crippen molar-refractivity contribution in [3.05, 3.63) is 65.7 Å². The molecule has 0 aromatic heterocycles. The molecule has 0 radical (unpaired) electrons. The zero-order valence-electron chi connectivity index (χ0n) is 19.9. The van der Waals surface area contributed by atoms with Crippen molar-refractivity contribution in [3.8, 4) is 5.75 Å². The summed E-state index contributed by atoms with van der Waals surface area (Å²) in [7, 11) is 0. The lowest BCUT2D eigenvalue weighted by atomic mass is 10.0. The summed E-state index contributed by atoms with van der Waals surface area (Å²) in [6.07, 6.45) is 3.81. The first-order valence-electron chi connectivity index (χ1n) is 12.4. The summed E-state index contributed by atoms with van der Waals surface area (Å²) in [5.41, 5.74) is 0.332. The summed E-state index contributed by atoms with van der Waals surface area (Å²) in [6, 6.07) is 9.75. The van der Waals surface area contributed by atoms with Crippen LogP contribution >= 0.6 is 0 Å². The summed E-state index contributed by atoms with van der Waals surface area (Å²) < 4.78 is 31.9. The molecule has 5 rings (SSSR count). The standard InChI is InChI=1S/C27H29F2N3O4/c28-19-5-3-18(4-6-19)25(34)31-14-1-2-22(31)26(35)32-17-27(11-12-27)16-23(32)24(33)30-13-15-36-21-9-7-20(29)8-10-21/h3-10,22-23H,1-2,11-17H2,(H,30,33)/t22-,23+/m1/s1. The van der Waals surface area contributed by atoms with E-state index in [2.05, 4.69) is 5.32 Å². The molecule has 1 aliphatic carbocycles. The molecule has 2 saturated heterocycles. The maximum absolute atomic E-state index is 13.7. The minimum atomic E-state index is -0.631. The minimum absolute atomic E-state index is 0.00726. The van der Waals surface area contributed by atoms with E-state index in [0.29, 0.717) is 43.7 Å². The van der Waals surface area contributed by atoms with Gasteiger partial charge in [-0.2, -0.15) is 0 Å². The van der Waals surface area contributed by atoms with Gasteiger partial charge in [0.25, 0.3) is 5.91 Å². The Bertz CT molecular complexity index is 1130. The number of carbonyl (C=O) groups is 3. The van der Waals surface area contributed by atoms with E-state index in [1.165, 1.54) is 48.5 Å². The third-order valence-electron chi connectivity index (χ3n) is 7.42. The first-order chi connectivity index (χ1) is 17.3. The molecule has 190 valence electrons. The van der Waals surface area contributed by atoms with Crippen LogP contribution in [0.25, 0.3) is 0 Å². The number of amides is 3. The molecule has 2 aromatic rings. The first kappa shape index (κ1) is 24.2. The number of halogens is 2. The molecule has 2 atom stereocenters. The van der Waals surface area contributed by atoms with Gasteiger partial charge in [-0.15, -0.1) is 0 Å². The van der Waals surface area contributed by atoms with Gasteiger partial charge >= 0.3 is 0 Å². The average Bonchev–Trinajstić information content (AvgIpc) is 3.28. The van der Waals surface area contributed by atoms with Gasteiger partial charge < -0.3 is 19.9 Å². The van der Waals surface area contributed by atoms with E-state index in [1.807, 2.05) is 0 Å². The maximum Gasteiger partial charge on any atom is 0.254 e. The number of benzene rings is 2. The third kappa shape index (κ3) is 5.05. The molecule has 2 aromatic carbocycles. The van der Waals surface area contributed by atoms with E-state index in [9.17, 15) is 23.2 Å². The van der Waals surface area contributed by atoms with Gasteiger partial charge in [0.15, 0.2) is 0 Å². The third-order valence-corrected chi connectivity index (χ3v) is 7.42. The second-order valence-electron chi connectivity index (χ2n) is 9.94. The van der Waals surface area contributed by atoms with Crippen LogP contribution in [-0.2, 0) is 9.59 Å². The van der Waals surface area contributed by atoms with Gasteiger partial charge in [0.05, 0.1) is 6.54 Å². The van der Waals surface area contributed by atoms with Gasteiger partial charge in [0.1, 0.15) is 36.1 Å². The van der Waals surface area contributed by atoms with Crippen LogP contribution in [0.3, 0.4) is 0 Å². The van der Waals surface area contributed by atoms with Crippen LogP contribution in [0.15, 0.2) is 48.5 Å². The van der Waals surface area contributed by atoms with Crippen molar-refractivity contribution in [2.45, 2.75) is 44.2 Å². The Balaban J connectivity index is 1.21. The number of nitrogens with one attached hydrogen (secondary N) is 1. The largest absolute Gasteiger partial charge is 0.492 e. The molecule has 3 fully saturated rings. The Hall–Kier alpha value is -3.49. The molecule has 2 aliphatic heterocycles. The van der Waals surface area contributed by atoms with E-state index < -0.39 is 17.9 Å². The number of ether oxygens (including phenoxy) is 1. The Morgan fingerprint density at radius 1 is 0.944 bits per heavy atom. The lowest BCUT2D eigenvalue weighted by Crippen LogP contribution is -2.53. The molecule has 7 nitrogen and oxygen atoms in total. The second kappa shape index (κ2) is 9.87. The van der Waals surface area contributed by atoms with Crippen LogP contribution in [-0.4, -0.2) is 65.8 Å². The molecular formula is C27H29F2N3O4. The summed E-state index contributed by atoms with van der Waals surface area (Å²) in [4.78, 5) is 43.0. The van der Waals surface area contributed by atoms with Crippen molar-refractivity contribution in [2.24, 2.45) is 5.41 Å². The number of rotatable bonds is 7. The van der Waals surface area contributed by atoms with Crippen LogP contribution in [0, 0.1) is 17.0 Å². The topological polar surface area (TPSA) is 79.0 Å². The molecule has 3 amide bonds. The molecule has 3 aliphatic rings. The highest BCUT2D eigenvalue weighted by Crippen LogP contribution is 2.55. The number of hydrogen-bond acceptors (Lipinski definition) is 4. The Morgan fingerprint density at radius 3 is 2.28 bits per heavy atom. The fraction of sp³-hybridized carbons (Fsp3) is 0.444. The Kier molecular flexibility index (Phi) is 6.64. The average molecular weight is 498 g/mol. The predicted molar refractivity (Wildman–Crippen MR) is 127 cm³/mol. The van der Waals surface area contributed by atoms with Gasteiger partial charge in [-0.05, 0) is 86.1 Å². The molecule has 1 N–H and O–H groups in total. The molecule has 36 heavy (non-hydrogen) atoms. The Morgan fingerprint density at radius 2 is 1.61 bits per heavy atom. The fourth-order valence-electron chi connectivity index (χ4n) is 5.27. The molecule has 1 saturated carbocycles. The van der Waals surface area contributed by atoms with Crippen LogP contribution in [0.5, 0.6) is 5.75 Å². The van der Waals surface area contributed by atoms with Crippen molar-refractivity contribution < 1.29 is 27.9 Å². The quantitative estimate of drug-likeness (QED) is 0.597. The lowest BCUT2D eigenvalue weighted by molar-refractivity contribution is -0.141. The molecule has 0 unspecified atom stereocenters. The maximum atomic E-state index is 13.7. The van der Waals surface area contributed by atoms with Gasteiger partial charge in [0.2, 0.25) is 11.8 Å². The smallest absolute Gasteiger partial charge is 0.254 e. The minimum Gasteiger partial charge on any atom is -0.492 e. The summed E-state index contributed by atoms with van der Waals surface area (Å²) in [5, 5.41) is 2.86. The van der Waals surface area contributed by atoms with Gasteiger partial charge in [-0.25, -0.2) is 8.78 Å². The summed E-state index contributed by atoms with van der Waals surface area (Å²) in [6.45, 7) is 1.43. The molecule has 1 spiro atoms. The highest BCUT2D eigenvalue weighted by Gasteiger charge is 2.56. The predicted octanol–water partition coefficient (Wildman–Crippen LogP) is 3.15. The molecular weight excluding hydrogens is 468 g/mol. The second-order valence-corrected chi connectivity index (χ2v) is 9.94. The van der Waals surface area contributed by atoms with Crippen LogP contribution in [0.4, 0.5) is 8.78 Å². The van der Waals surface area contributed by atoms with E-state index >= 15 is 0 Å². The van der Waals surface area contributed by atoms with Gasteiger partial charge in [0, 0.05) is 18.7 Å². The van der Waals surface area contributed by atoms with Gasteiger partial charge in [-0.1, -0.05) is 0 Å². The van der Waals surface area contributed by atoms with Crippen LogP contribution in [0.1, 0.15) is 42.5 Å². The van der Waals surface area contributed by atoms with Crippen molar-refractivity contribution in [1.82, 2.24) is 15.1 Å². The number of likely N-dealkylation sites (tertiary alicyclic amines) is 2. The lowest BCUT2D eigenvalue weighted by Gasteiger charge is -2.31. The van der Waals surface area contributed by atoms with E-state index in [0.717, 1.165) is 12.8 Å². The number of nitrogens with zero attached hydrogens (tertiary/aromatic N) is 2. The van der Waals surface area contributed by atoms with E-state index in [1.54, 1.807) is 9.80 Å². The summed E-state index contributed by atoms with van der Waals surface area (Å²) in [5.74, 6) is -1.00. The monoisotopic (exact) mass is 497 g/mol. The van der Waals surface area contributed by atoms with E-state index in [-0.39, 0.29) is 42.1 Å². The van der Waals surface area contributed by atoms with Crippen LogP contribution < -0.4 is 10.1 Å². The first-order valence-corrected chi connectivity index (χ1v) is 12.4. The normalized spacial score (nSPS) is 22.1. The van der Waals surface area contributed by atoms with E-state index in [4.69, 9.17) is 4.74 Å². The Labute approximate surface area is 208 Å². The molecule has 0 bridgehead atoms. The zero-order chi connectivity index (χ0) is 25.3. The zero-order valence-corrected chi connectivity index (χ0v) is 19.9. The number of carbonyl (C=O) groups excluding carboxylic acids is 3. The highest BCUT2D eigenvalue weighted by atomic mass is 19.1. The van der Waals surface area contributed by atoms with Crippen molar-refractivity contribution in [2.75, 3.05) is 26.2 Å². The van der Waals surface area contributed by atoms with Crippen LogP contribution in [0.2, 0.25) is 0 Å². The van der Waals surface area contributed by atoms with Crippen molar-refractivity contribution in [3.63, 3.8) is 0 Å². The number of hydrogen-bond donors (Lipinski definition) is 1. The van der Waals surface area contributed by atoms with Crippen molar-refractivity contribution in [1.29, 1.82) is 0 Å². The van der Waals surface area contributed by atoms with Gasteiger partial charge in [-0.3, -0.25) is 14.4 Å². The SMILES string of the molecule is O=C(NCCOc1ccc(F)cc1)[C@@H]1CC2(CC2)CN1C(=O)[C@H]1CCCN1C(=O)c1ccc(F)cc1. The molecule has 2 heterocycles. The molecule has 9 heteroatoms. The highest BCUT2D eigenvalue weighted by molar-refractivity contribution is 5.99. The summed E-state index contributed by atoms with van der Waals surface area (Å²) >= 11 is 0.